The summed E-state index contributed by atoms with van der Waals surface area (Å²) in [6, 6.07) is 0. The van der Waals surface area contributed by atoms with Crippen LogP contribution in [0.4, 0.5) is 0 Å². The molecule has 0 saturated heterocycles. The fourth-order valence-electron chi connectivity index (χ4n) is 13.9. The number of aliphatic hydroxyl groups is 2. The van der Waals surface area contributed by atoms with Crippen LogP contribution in [0.3, 0.4) is 0 Å². The topological polar surface area (TPSA) is 231 Å². The lowest BCUT2D eigenvalue weighted by molar-refractivity contribution is -0.161. The third-order valence-corrected chi connectivity index (χ3v) is 23.5. The van der Waals surface area contributed by atoms with E-state index in [4.69, 9.17) is 32.3 Å². The van der Waals surface area contributed by atoms with E-state index in [2.05, 4.69) is 203 Å². The van der Waals surface area contributed by atoms with Crippen molar-refractivity contribution < 1.29 is 75.8 Å². The number of allylic oxidation sites excluding steroid dienone is 30. The van der Waals surface area contributed by atoms with Crippen LogP contribution < -0.4 is 0 Å². The Bertz CT molecular complexity index is 3040. The first kappa shape index (κ1) is 122. The standard InChI is InChI=1S/C109H186O16P2/c1-4-7-10-13-16-19-22-25-28-31-34-37-40-43-46-49-51-54-56-59-62-65-68-71-74-77-80-83-86-89-92-95-107(112)119-98-104(110)99-121-126(115,116)122-100-105(111)101-123-127(117,118)124-103-106(125-109(114)97-94-91-88-85-82-79-76-73-70-67-64-61-58-53-48-45-42-39-36-33-30-27-24-21-18-15-12-9-6-3)102-120-108(113)96-93-90-87-84-81-78-75-72-69-66-63-60-57-55-52-50-47-44-41-38-35-32-29-26-23-20-17-14-11-8-5-2/h7,9-10,12,16-21,25-30,34-39,43-48,51,54,104-106,110-111H,4-6,8,11,13-15,22-24,31-33,40-42,49-50,52-53,55-103H2,1-3H3,(H,115,116)(H,117,118)/b10-7-,12-9-,19-16-,20-17-,21-18-,28-25-,29-26-,30-27-,37-34-,38-35-,39-36-,46-43-,47-44-,48-45-,54-51-. The van der Waals surface area contributed by atoms with E-state index >= 15 is 0 Å². The molecule has 0 aromatic carbocycles. The van der Waals surface area contributed by atoms with E-state index in [0.717, 1.165) is 167 Å². The zero-order valence-corrected chi connectivity index (χ0v) is 82.4. The first-order chi connectivity index (χ1) is 62.2. The summed E-state index contributed by atoms with van der Waals surface area (Å²) >= 11 is 0. The second-order valence-corrected chi connectivity index (χ2v) is 36.8. The van der Waals surface area contributed by atoms with E-state index in [9.17, 15) is 43.5 Å². The van der Waals surface area contributed by atoms with Crippen molar-refractivity contribution in [3.05, 3.63) is 182 Å². The van der Waals surface area contributed by atoms with Crippen molar-refractivity contribution in [3.63, 3.8) is 0 Å². The lowest BCUT2D eigenvalue weighted by Gasteiger charge is -2.21. The average molecular weight is 1810 g/mol. The Hall–Kier alpha value is -5.35. The van der Waals surface area contributed by atoms with E-state index in [-0.39, 0.29) is 19.3 Å². The van der Waals surface area contributed by atoms with Crippen molar-refractivity contribution in [3.8, 4) is 0 Å². The molecule has 0 bridgehead atoms. The number of carbonyl (C=O) groups excluding carboxylic acids is 3. The normalized spacial score (nSPS) is 14.4. The van der Waals surface area contributed by atoms with Gasteiger partial charge in [-0.25, -0.2) is 9.13 Å². The largest absolute Gasteiger partial charge is 0.472 e. The van der Waals surface area contributed by atoms with E-state index in [1.165, 1.54) is 205 Å². The summed E-state index contributed by atoms with van der Waals surface area (Å²) in [5, 5.41) is 20.8. The molecule has 4 N–H and O–H groups in total. The quantitative estimate of drug-likeness (QED) is 0.0146. The summed E-state index contributed by atoms with van der Waals surface area (Å²) in [7, 11) is -9.82. The van der Waals surface area contributed by atoms with Gasteiger partial charge in [0.1, 0.15) is 25.4 Å². The summed E-state index contributed by atoms with van der Waals surface area (Å²) in [5.74, 6) is -1.56. The highest BCUT2D eigenvalue weighted by molar-refractivity contribution is 7.47. The van der Waals surface area contributed by atoms with Gasteiger partial charge in [-0.05, 0) is 161 Å². The molecule has 0 aliphatic rings. The molecule has 0 aliphatic carbocycles. The molecule has 127 heavy (non-hydrogen) atoms. The first-order valence-corrected chi connectivity index (χ1v) is 54.1. The van der Waals surface area contributed by atoms with Gasteiger partial charge in [0.05, 0.1) is 26.4 Å². The van der Waals surface area contributed by atoms with Crippen LogP contribution >= 0.6 is 15.6 Å². The van der Waals surface area contributed by atoms with Gasteiger partial charge in [-0.15, -0.1) is 0 Å². The molecular weight excluding hydrogens is 1630 g/mol. The molecule has 0 aliphatic heterocycles. The van der Waals surface area contributed by atoms with Crippen molar-refractivity contribution in [1.82, 2.24) is 0 Å². The predicted octanol–water partition coefficient (Wildman–Crippen LogP) is 32.3. The number of unbranched alkanes of at least 4 members (excludes halogenated alkanes) is 43. The van der Waals surface area contributed by atoms with Crippen LogP contribution in [0.15, 0.2) is 182 Å². The molecule has 0 amide bonds. The van der Waals surface area contributed by atoms with Gasteiger partial charge in [0, 0.05) is 19.3 Å². The maximum atomic E-state index is 13.1. The number of aliphatic hydroxyl groups excluding tert-OH is 2. The number of ether oxygens (including phenoxy) is 3. The summed E-state index contributed by atoms with van der Waals surface area (Å²) in [6.07, 6.45) is 132. The summed E-state index contributed by atoms with van der Waals surface area (Å²) in [6.45, 7) is 2.49. The number of hydrogen-bond donors (Lipinski definition) is 4. The molecule has 0 rings (SSSR count). The van der Waals surface area contributed by atoms with Crippen LogP contribution in [0, 0.1) is 0 Å². The van der Waals surface area contributed by atoms with Gasteiger partial charge in [0.15, 0.2) is 6.10 Å². The molecule has 18 heteroatoms. The Morgan fingerprint density at radius 3 is 0.661 bits per heavy atom. The number of hydrogen-bond acceptors (Lipinski definition) is 14. The van der Waals surface area contributed by atoms with Gasteiger partial charge in [-0.3, -0.25) is 32.5 Å². The molecule has 16 nitrogen and oxygen atoms in total. The maximum Gasteiger partial charge on any atom is 0.472 e. The Morgan fingerprint density at radius 2 is 0.417 bits per heavy atom. The van der Waals surface area contributed by atoms with Crippen molar-refractivity contribution in [2.45, 2.75) is 450 Å². The highest BCUT2D eigenvalue weighted by Gasteiger charge is 2.30. The molecule has 0 fully saturated rings. The maximum absolute atomic E-state index is 13.1. The number of rotatable bonds is 96. The van der Waals surface area contributed by atoms with Gasteiger partial charge >= 0.3 is 33.6 Å². The monoisotopic (exact) mass is 1810 g/mol. The first-order valence-electron chi connectivity index (χ1n) is 51.1. The highest BCUT2D eigenvalue weighted by atomic mass is 31.2. The van der Waals surface area contributed by atoms with Crippen LogP contribution in [0.5, 0.6) is 0 Å². The minimum absolute atomic E-state index is 0.0995. The van der Waals surface area contributed by atoms with Gasteiger partial charge in [0.25, 0.3) is 0 Å². The lowest BCUT2D eigenvalue weighted by Crippen LogP contribution is -2.30. The fraction of sp³-hybridized carbons (Fsp3) is 0.697. The number of phosphoric acid groups is 2. The van der Waals surface area contributed by atoms with Crippen LogP contribution in [0.2, 0.25) is 0 Å². The Morgan fingerprint density at radius 1 is 0.228 bits per heavy atom. The van der Waals surface area contributed by atoms with Crippen molar-refractivity contribution in [1.29, 1.82) is 0 Å². The minimum Gasteiger partial charge on any atom is -0.463 e. The van der Waals surface area contributed by atoms with Gasteiger partial charge < -0.3 is 34.2 Å². The van der Waals surface area contributed by atoms with E-state index in [1.807, 2.05) is 0 Å². The second kappa shape index (κ2) is 99.7. The van der Waals surface area contributed by atoms with Crippen molar-refractivity contribution in [2.24, 2.45) is 0 Å². The van der Waals surface area contributed by atoms with Crippen LogP contribution in [-0.4, -0.2) is 95.9 Å². The SMILES string of the molecule is CC/C=C\C/C=C\C/C=C\C/C=C\C/C=C\C/C=C\CCCCCCCCCCCCCCC(=O)OCC(O)COP(=O)(O)OCC(O)COP(=O)(O)OCC(COC(=O)CCCCCCCCCCCCCCCCC/C=C\C/C=C\C/C=C\C/C=C\CCCCC)OC(=O)CCCCCCCCCCCCCCC/C=C\C/C=C\C/C=C\C/C=C\C/C=C\CC. The molecule has 5 unspecified atom stereocenters. The third kappa shape index (κ3) is 101. The molecular formula is C109H186O16P2. The zero-order valence-electron chi connectivity index (χ0n) is 80.6. The van der Waals surface area contributed by atoms with Gasteiger partial charge in [-0.2, -0.15) is 0 Å². The Labute approximate surface area is 776 Å². The number of carbonyl (C=O) groups is 3. The van der Waals surface area contributed by atoms with Crippen LogP contribution in [-0.2, 0) is 55.8 Å². The average Bonchev–Trinajstić information content (AvgIpc) is 0.955. The van der Waals surface area contributed by atoms with E-state index in [0.29, 0.717) is 19.3 Å². The van der Waals surface area contributed by atoms with Crippen LogP contribution in [0.25, 0.3) is 0 Å². The second-order valence-electron chi connectivity index (χ2n) is 33.9. The smallest absolute Gasteiger partial charge is 0.463 e. The minimum atomic E-state index is -4.95. The lowest BCUT2D eigenvalue weighted by atomic mass is 10.0. The molecule has 0 spiro atoms. The Balaban J connectivity index is 4.64. The van der Waals surface area contributed by atoms with E-state index in [1.54, 1.807) is 0 Å². The number of esters is 3. The van der Waals surface area contributed by atoms with Gasteiger partial charge in [-0.1, -0.05) is 434 Å². The van der Waals surface area contributed by atoms with Crippen molar-refractivity contribution in [2.75, 3.05) is 39.6 Å². The summed E-state index contributed by atoms with van der Waals surface area (Å²) < 4.78 is 61.7. The summed E-state index contributed by atoms with van der Waals surface area (Å²) in [4.78, 5) is 59.2. The number of phosphoric ester groups is 2. The van der Waals surface area contributed by atoms with Gasteiger partial charge in [0.2, 0.25) is 0 Å². The molecule has 0 aromatic rings. The molecule has 728 valence electrons. The fourth-order valence-corrected chi connectivity index (χ4v) is 15.5. The molecule has 0 saturated carbocycles. The summed E-state index contributed by atoms with van der Waals surface area (Å²) in [5.41, 5.74) is 0. The zero-order chi connectivity index (χ0) is 92.1. The van der Waals surface area contributed by atoms with Crippen molar-refractivity contribution >= 4 is 33.6 Å². The predicted molar refractivity (Wildman–Crippen MR) is 537 cm³/mol. The van der Waals surface area contributed by atoms with Crippen LogP contribution in [0.1, 0.15) is 432 Å². The Kier molecular flexibility index (Phi) is 95.5. The molecule has 0 radical (unpaired) electrons. The highest BCUT2D eigenvalue weighted by Crippen LogP contribution is 2.45. The molecule has 5 atom stereocenters. The molecule has 0 heterocycles. The molecule has 0 aromatic heterocycles. The van der Waals surface area contributed by atoms with E-state index < -0.39 is 91.5 Å². The third-order valence-electron chi connectivity index (χ3n) is 21.6.